The third kappa shape index (κ3) is 3.43. The molecule has 0 aliphatic carbocycles. The standard InChI is InChI=1S/C14H23N3/c1-2-9-15-12-13-7-4-6-11-17(13)14-8-3-5-10-16-14/h3,5,8,10,13,15H,2,4,6-7,9,11-12H2,1H3. The number of hydrogen-bond donors (Lipinski definition) is 1. The van der Waals surface area contributed by atoms with Gasteiger partial charge < -0.3 is 10.2 Å². The molecule has 1 N–H and O–H groups in total. The molecule has 0 radical (unpaired) electrons. The molecule has 1 fully saturated rings. The van der Waals surface area contributed by atoms with E-state index in [4.69, 9.17) is 0 Å². The zero-order valence-corrected chi connectivity index (χ0v) is 10.7. The first-order valence-electron chi connectivity index (χ1n) is 6.80. The Bertz CT molecular complexity index is 313. The number of anilines is 1. The van der Waals surface area contributed by atoms with Crippen molar-refractivity contribution in [2.45, 2.75) is 38.6 Å². The maximum atomic E-state index is 4.48. The Labute approximate surface area is 104 Å². The minimum atomic E-state index is 0.616. The topological polar surface area (TPSA) is 28.2 Å². The summed E-state index contributed by atoms with van der Waals surface area (Å²) in [6, 6.07) is 6.80. The van der Waals surface area contributed by atoms with Crippen LogP contribution in [0.25, 0.3) is 0 Å². The molecule has 0 amide bonds. The Morgan fingerprint density at radius 1 is 1.41 bits per heavy atom. The summed E-state index contributed by atoms with van der Waals surface area (Å²) in [4.78, 5) is 6.94. The van der Waals surface area contributed by atoms with E-state index in [1.807, 2.05) is 12.3 Å². The monoisotopic (exact) mass is 233 g/mol. The molecule has 94 valence electrons. The molecule has 0 aromatic carbocycles. The molecule has 1 unspecified atom stereocenters. The van der Waals surface area contributed by atoms with Gasteiger partial charge in [0, 0.05) is 25.3 Å². The molecular formula is C14H23N3. The first-order chi connectivity index (χ1) is 8.42. The lowest BCUT2D eigenvalue weighted by atomic mass is 10.0. The van der Waals surface area contributed by atoms with E-state index in [1.54, 1.807) is 0 Å². The maximum absolute atomic E-state index is 4.48. The van der Waals surface area contributed by atoms with Gasteiger partial charge in [-0.1, -0.05) is 13.0 Å². The van der Waals surface area contributed by atoms with Crippen LogP contribution >= 0.6 is 0 Å². The van der Waals surface area contributed by atoms with E-state index in [9.17, 15) is 0 Å². The van der Waals surface area contributed by atoms with Gasteiger partial charge in [-0.25, -0.2) is 4.98 Å². The summed E-state index contributed by atoms with van der Waals surface area (Å²) in [6.07, 6.45) is 7.02. The van der Waals surface area contributed by atoms with Crippen molar-refractivity contribution in [3.63, 3.8) is 0 Å². The van der Waals surface area contributed by atoms with E-state index in [-0.39, 0.29) is 0 Å². The molecule has 1 aliphatic heterocycles. The van der Waals surface area contributed by atoms with Gasteiger partial charge in [0.1, 0.15) is 5.82 Å². The van der Waals surface area contributed by atoms with Crippen LogP contribution in [-0.4, -0.2) is 30.7 Å². The summed E-state index contributed by atoms with van der Waals surface area (Å²) in [6.45, 7) is 5.57. The second kappa shape index (κ2) is 6.60. The average molecular weight is 233 g/mol. The average Bonchev–Trinajstić information content (AvgIpc) is 2.41. The number of rotatable bonds is 5. The largest absolute Gasteiger partial charge is 0.352 e. The molecule has 3 heteroatoms. The lowest BCUT2D eigenvalue weighted by Crippen LogP contribution is -2.46. The van der Waals surface area contributed by atoms with Gasteiger partial charge in [-0.05, 0) is 44.4 Å². The number of aromatic nitrogens is 1. The predicted octanol–water partition coefficient (Wildman–Crippen LogP) is 2.44. The summed E-state index contributed by atoms with van der Waals surface area (Å²) in [7, 11) is 0. The van der Waals surface area contributed by atoms with Crippen LogP contribution in [0, 0.1) is 0 Å². The first-order valence-corrected chi connectivity index (χ1v) is 6.80. The van der Waals surface area contributed by atoms with E-state index < -0.39 is 0 Å². The molecule has 1 saturated heterocycles. The molecule has 1 aliphatic rings. The first kappa shape index (κ1) is 12.4. The number of pyridine rings is 1. The van der Waals surface area contributed by atoms with Crippen molar-refractivity contribution < 1.29 is 0 Å². The zero-order chi connectivity index (χ0) is 11.9. The Morgan fingerprint density at radius 3 is 3.12 bits per heavy atom. The highest BCUT2D eigenvalue weighted by atomic mass is 15.2. The van der Waals surface area contributed by atoms with Gasteiger partial charge in [-0.3, -0.25) is 0 Å². The smallest absolute Gasteiger partial charge is 0.128 e. The SMILES string of the molecule is CCCNCC1CCCCN1c1ccccn1. The van der Waals surface area contributed by atoms with Crippen LogP contribution in [0.2, 0.25) is 0 Å². The third-order valence-corrected chi connectivity index (χ3v) is 3.38. The highest BCUT2D eigenvalue weighted by Crippen LogP contribution is 2.22. The fourth-order valence-corrected chi connectivity index (χ4v) is 2.48. The maximum Gasteiger partial charge on any atom is 0.128 e. The van der Waals surface area contributed by atoms with Gasteiger partial charge in [0.15, 0.2) is 0 Å². The number of piperidine rings is 1. The lowest BCUT2D eigenvalue weighted by molar-refractivity contribution is 0.433. The summed E-state index contributed by atoms with van der Waals surface area (Å²) in [5.41, 5.74) is 0. The zero-order valence-electron chi connectivity index (χ0n) is 10.7. The molecule has 1 aromatic rings. The second-order valence-electron chi connectivity index (χ2n) is 4.74. The number of nitrogens with zero attached hydrogens (tertiary/aromatic N) is 2. The molecule has 1 aromatic heterocycles. The molecule has 0 spiro atoms. The fraction of sp³-hybridized carbons (Fsp3) is 0.643. The van der Waals surface area contributed by atoms with E-state index in [1.165, 1.54) is 25.7 Å². The van der Waals surface area contributed by atoms with Crippen LogP contribution in [0.5, 0.6) is 0 Å². The van der Waals surface area contributed by atoms with Crippen molar-refractivity contribution in [2.24, 2.45) is 0 Å². The molecule has 3 nitrogen and oxygen atoms in total. The molecule has 2 rings (SSSR count). The van der Waals surface area contributed by atoms with Gasteiger partial charge in [0.05, 0.1) is 0 Å². The summed E-state index contributed by atoms with van der Waals surface area (Å²) >= 11 is 0. The van der Waals surface area contributed by atoms with Crippen LogP contribution in [0.15, 0.2) is 24.4 Å². The summed E-state index contributed by atoms with van der Waals surface area (Å²) in [5, 5.41) is 3.54. The minimum absolute atomic E-state index is 0.616. The van der Waals surface area contributed by atoms with E-state index >= 15 is 0 Å². The normalized spacial score (nSPS) is 20.5. The number of nitrogens with one attached hydrogen (secondary N) is 1. The molecule has 0 bridgehead atoms. The third-order valence-electron chi connectivity index (χ3n) is 3.38. The minimum Gasteiger partial charge on any atom is -0.352 e. The van der Waals surface area contributed by atoms with Crippen LogP contribution in [-0.2, 0) is 0 Å². The van der Waals surface area contributed by atoms with Gasteiger partial charge >= 0.3 is 0 Å². The predicted molar refractivity (Wildman–Crippen MR) is 72.4 cm³/mol. The molecule has 2 heterocycles. The van der Waals surface area contributed by atoms with E-state index in [2.05, 4.69) is 34.3 Å². The second-order valence-corrected chi connectivity index (χ2v) is 4.74. The van der Waals surface area contributed by atoms with Crippen LogP contribution < -0.4 is 10.2 Å². The Hall–Kier alpha value is -1.09. The quantitative estimate of drug-likeness (QED) is 0.792. The van der Waals surface area contributed by atoms with Crippen molar-refractivity contribution in [2.75, 3.05) is 24.5 Å². The Kier molecular flexibility index (Phi) is 4.80. The lowest BCUT2D eigenvalue weighted by Gasteiger charge is -2.36. The van der Waals surface area contributed by atoms with Crippen molar-refractivity contribution in [3.8, 4) is 0 Å². The van der Waals surface area contributed by atoms with Crippen LogP contribution in [0.1, 0.15) is 32.6 Å². The van der Waals surface area contributed by atoms with Gasteiger partial charge in [-0.15, -0.1) is 0 Å². The Morgan fingerprint density at radius 2 is 2.35 bits per heavy atom. The Balaban J connectivity index is 1.97. The number of hydrogen-bond acceptors (Lipinski definition) is 3. The summed E-state index contributed by atoms with van der Waals surface area (Å²) in [5.74, 6) is 1.13. The summed E-state index contributed by atoms with van der Waals surface area (Å²) < 4.78 is 0. The van der Waals surface area contributed by atoms with Crippen molar-refractivity contribution >= 4 is 5.82 Å². The van der Waals surface area contributed by atoms with Crippen LogP contribution in [0.4, 0.5) is 5.82 Å². The van der Waals surface area contributed by atoms with Gasteiger partial charge in [-0.2, -0.15) is 0 Å². The van der Waals surface area contributed by atoms with Gasteiger partial charge in [0.25, 0.3) is 0 Å². The van der Waals surface area contributed by atoms with Crippen LogP contribution in [0.3, 0.4) is 0 Å². The van der Waals surface area contributed by atoms with Gasteiger partial charge in [0.2, 0.25) is 0 Å². The fourth-order valence-electron chi connectivity index (χ4n) is 2.48. The molecule has 1 atom stereocenters. The molecule has 17 heavy (non-hydrogen) atoms. The van der Waals surface area contributed by atoms with E-state index in [0.29, 0.717) is 6.04 Å². The molecular weight excluding hydrogens is 210 g/mol. The highest BCUT2D eigenvalue weighted by molar-refractivity contribution is 5.39. The van der Waals surface area contributed by atoms with E-state index in [0.717, 1.165) is 25.5 Å². The van der Waals surface area contributed by atoms with Crippen molar-refractivity contribution in [3.05, 3.63) is 24.4 Å². The molecule has 0 saturated carbocycles. The van der Waals surface area contributed by atoms with Crippen molar-refractivity contribution in [1.29, 1.82) is 0 Å². The highest BCUT2D eigenvalue weighted by Gasteiger charge is 2.22. The van der Waals surface area contributed by atoms with Crippen molar-refractivity contribution in [1.82, 2.24) is 10.3 Å².